The van der Waals surface area contributed by atoms with Gasteiger partial charge < -0.3 is 5.32 Å². The Bertz CT molecular complexity index is 457. The van der Waals surface area contributed by atoms with Crippen LogP contribution < -0.4 is 16.6 Å². The van der Waals surface area contributed by atoms with Gasteiger partial charge in [0.05, 0.1) is 12.1 Å². The number of guanidine groups is 1. The summed E-state index contributed by atoms with van der Waals surface area (Å²) in [7, 11) is 0. The average molecular weight is 287 g/mol. The van der Waals surface area contributed by atoms with E-state index in [0.29, 0.717) is 22.0 Å². The molecule has 2 rings (SSSR count). The van der Waals surface area contributed by atoms with Crippen LogP contribution in [0, 0.1) is 0 Å². The first-order valence-corrected chi connectivity index (χ1v) is 6.61. The molecule has 4 N–H and O–H groups in total. The summed E-state index contributed by atoms with van der Waals surface area (Å²) in [6.07, 6.45) is 2.26. The largest absolute Gasteiger partial charge is 0.349 e. The predicted molar refractivity (Wildman–Crippen MR) is 75.8 cm³/mol. The molecule has 1 fully saturated rings. The van der Waals surface area contributed by atoms with Crippen molar-refractivity contribution in [3.8, 4) is 0 Å². The van der Waals surface area contributed by atoms with Crippen LogP contribution >= 0.6 is 23.2 Å². The number of benzene rings is 1. The minimum Gasteiger partial charge on any atom is -0.349 e. The maximum absolute atomic E-state index is 6.15. The molecule has 0 spiro atoms. The molecule has 98 valence electrons. The van der Waals surface area contributed by atoms with Crippen LogP contribution in [0.2, 0.25) is 10.0 Å². The Labute approximate surface area is 117 Å². The highest BCUT2D eigenvalue weighted by Crippen LogP contribution is 2.26. The number of hydrogen-bond donors (Lipinski definition) is 3. The molecule has 0 aromatic heterocycles. The summed E-state index contributed by atoms with van der Waals surface area (Å²) in [6, 6.07) is 5.84. The second-order valence-corrected chi connectivity index (χ2v) is 5.23. The maximum Gasteiger partial charge on any atom is 0.206 e. The number of halogens is 2. The Kier molecular flexibility index (Phi) is 4.32. The number of hydrogen-bond acceptors (Lipinski definition) is 2. The van der Waals surface area contributed by atoms with Crippen LogP contribution in [0.4, 0.5) is 0 Å². The van der Waals surface area contributed by atoms with Crippen molar-refractivity contribution in [2.24, 2.45) is 10.8 Å². The molecule has 1 saturated carbocycles. The molecular weight excluding hydrogens is 271 g/mol. The maximum atomic E-state index is 6.15. The molecule has 1 atom stereocenters. The molecule has 0 amide bonds. The fourth-order valence-corrected chi connectivity index (χ4v) is 2.21. The minimum atomic E-state index is 0.00307. The summed E-state index contributed by atoms with van der Waals surface area (Å²) >= 11 is 12.0. The molecule has 0 radical (unpaired) electrons. The molecule has 1 aromatic rings. The summed E-state index contributed by atoms with van der Waals surface area (Å²) in [5, 5.41) is 4.46. The van der Waals surface area contributed by atoms with E-state index in [4.69, 9.17) is 29.0 Å². The third-order valence-electron chi connectivity index (χ3n) is 2.78. The smallest absolute Gasteiger partial charge is 0.206 e. The second kappa shape index (κ2) is 5.78. The van der Waals surface area contributed by atoms with E-state index >= 15 is 0 Å². The summed E-state index contributed by atoms with van der Waals surface area (Å²) in [5.74, 6) is 6.03. The monoisotopic (exact) mass is 286 g/mol. The first kappa shape index (κ1) is 13.5. The van der Waals surface area contributed by atoms with Crippen LogP contribution in [0.1, 0.15) is 31.4 Å². The van der Waals surface area contributed by atoms with Crippen molar-refractivity contribution < 1.29 is 0 Å². The Hall–Kier alpha value is -0.970. The van der Waals surface area contributed by atoms with Gasteiger partial charge in [-0.25, -0.2) is 10.8 Å². The summed E-state index contributed by atoms with van der Waals surface area (Å²) < 4.78 is 0. The number of nitrogens with two attached hydrogens (primary N) is 1. The van der Waals surface area contributed by atoms with E-state index in [9.17, 15) is 0 Å². The highest BCUT2D eigenvalue weighted by Gasteiger charge is 2.21. The van der Waals surface area contributed by atoms with Crippen molar-refractivity contribution in [1.29, 1.82) is 0 Å². The molecule has 0 aliphatic heterocycles. The number of hydrazine groups is 1. The molecule has 6 heteroatoms. The fourth-order valence-electron chi connectivity index (χ4n) is 1.64. The third kappa shape index (κ3) is 3.51. The number of nitrogens with one attached hydrogen (secondary N) is 2. The number of aliphatic imine (C=N–C) groups is 1. The van der Waals surface area contributed by atoms with Gasteiger partial charge in [-0.2, -0.15) is 0 Å². The van der Waals surface area contributed by atoms with Gasteiger partial charge in [-0.3, -0.25) is 5.43 Å². The molecule has 4 nitrogen and oxygen atoms in total. The lowest BCUT2D eigenvalue weighted by atomic mass is 10.1. The van der Waals surface area contributed by atoms with E-state index in [2.05, 4.69) is 15.7 Å². The molecule has 18 heavy (non-hydrogen) atoms. The van der Waals surface area contributed by atoms with Gasteiger partial charge in [0.1, 0.15) is 0 Å². The Balaban J connectivity index is 2.08. The summed E-state index contributed by atoms with van der Waals surface area (Å²) in [6.45, 7) is 1.99. The zero-order chi connectivity index (χ0) is 13.1. The van der Waals surface area contributed by atoms with Crippen LogP contribution in [0.5, 0.6) is 0 Å². The molecule has 1 aromatic carbocycles. The van der Waals surface area contributed by atoms with Crippen molar-refractivity contribution in [3.05, 3.63) is 33.8 Å². The quantitative estimate of drug-likeness (QED) is 0.346. The van der Waals surface area contributed by atoms with Gasteiger partial charge in [0, 0.05) is 10.0 Å². The topological polar surface area (TPSA) is 62.4 Å². The van der Waals surface area contributed by atoms with Crippen molar-refractivity contribution in [2.75, 3.05) is 0 Å². The summed E-state index contributed by atoms with van der Waals surface area (Å²) in [4.78, 5) is 4.42. The molecule has 0 bridgehead atoms. The van der Waals surface area contributed by atoms with E-state index in [1.54, 1.807) is 6.07 Å². The average Bonchev–Trinajstić information content (AvgIpc) is 3.11. The lowest BCUT2D eigenvalue weighted by molar-refractivity contribution is 0.688. The van der Waals surface area contributed by atoms with E-state index in [1.165, 1.54) is 0 Å². The number of nitrogens with zero attached hydrogens (tertiary/aromatic N) is 1. The van der Waals surface area contributed by atoms with E-state index < -0.39 is 0 Å². The zero-order valence-corrected chi connectivity index (χ0v) is 11.6. The first-order chi connectivity index (χ1) is 8.60. The Morgan fingerprint density at radius 2 is 2.17 bits per heavy atom. The van der Waals surface area contributed by atoms with Gasteiger partial charge in [-0.05, 0) is 37.5 Å². The SMILES string of the molecule is CC(NC(=NC1CC1)NN)c1ccc(Cl)cc1Cl. The fraction of sp³-hybridized carbons (Fsp3) is 0.417. The minimum absolute atomic E-state index is 0.00307. The van der Waals surface area contributed by atoms with Crippen molar-refractivity contribution >= 4 is 29.2 Å². The van der Waals surface area contributed by atoms with Crippen LogP contribution in [0.25, 0.3) is 0 Å². The van der Waals surface area contributed by atoms with Gasteiger partial charge in [-0.1, -0.05) is 29.3 Å². The Morgan fingerprint density at radius 3 is 2.72 bits per heavy atom. The molecule has 1 aliphatic carbocycles. The van der Waals surface area contributed by atoms with Gasteiger partial charge >= 0.3 is 0 Å². The van der Waals surface area contributed by atoms with Gasteiger partial charge in [0.15, 0.2) is 0 Å². The zero-order valence-electron chi connectivity index (χ0n) is 10.1. The van der Waals surface area contributed by atoms with Gasteiger partial charge in [0.25, 0.3) is 0 Å². The van der Waals surface area contributed by atoms with E-state index in [0.717, 1.165) is 18.4 Å². The van der Waals surface area contributed by atoms with Crippen molar-refractivity contribution in [1.82, 2.24) is 10.7 Å². The lowest BCUT2D eigenvalue weighted by Gasteiger charge is -2.18. The van der Waals surface area contributed by atoms with E-state index in [-0.39, 0.29) is 6.04 Å². The highest BCUT2D eigenvalue weighted by atomic mass is 35.5. The van der Waals surface area contributed by atoms with Crippen LogP contribution in [0.15, 0.2) is 23.2 Å². The third-order valence-corrected chi connectivity index (χ3v) is 3.34. The van der Waals surface area contributed by atoms with Gasteiger partial charge in [0.2, 0.25) is 5.96 Å². The molecule has 1 aliphatic rings. The summed E-state index contributed by atoms with van der Waals surface area (Å²) in [5.41, 5.74) is 3.53. The molecule has 0 saturated heterocycles. The van der Waals surface area contributed by atoms with Crippen molar-refractivity contribution in [2.45, 2.75) is 31.8 Å². The van der Waals surface area contributed by atoms with Crippen LogP contribution in [-0.4, -0.2) is 12.0 Å². The van der Waals surface area contributed by atoms with Gasteiger partial charge in [-0.15, -0.1) is 0 Å². The van der Waals surface area contributed by atoms with E-state index in [1.807, 2.05) is 19.1 Å². The standard InChI is InChI=1S/C12H16Cl2N4/c1-7(10-5-2-8(13)6-11(10)14)16-12(18-15)17-9-3-4-9/h2,5-7,9H,3-4,15H2,1H3,(H2,16,17,18). The number of rotatable bonds is 3. The van der Waals surface area contributed by atoms with Crippen LogP contribution in [0.3, 0.4) is 0 Å². The highest BCUT2D eigenvalue weighted by molar-refractivity contribution is 6.35. The molecular formula is C12H16Cl2N4. The lowest BCUT2D eigenvalue weighted by Crippen LogP contribution is -2.42. The second-order valence-electron chi connectivity index (χ2n) is 4.39. The Morgan fingerprint density at radius 1 is 1.44 bits per heavy atom. The molecule has 0 heterocycles. The normalized spacial score (nSPS) is 17.4. The van der Waals surface area contributed by atoms with Crippen molar-refractivity contribution in [3.63, 3.8) is 0 Å². The molecule has 1 unspecified atom stereocenters. The predicted octanol–water partition coefficient (Wildman–Crippen LogP) is 2.63. The van der Waals surface area contributed by atoms with Crippen LogP contribution in [-0.2, 0) is 0 Å². The first-order valence-electron chi connectivity index (χ1n) is 5.86.